The minimum absolute atomic E-state index is 0. The topological polar surface area (TPSA) is 64.9 Å². The van der Waals surface area contributed by atoms with Gasteiger partial charge in [0.05, 0.1) is 5.54 Å². The van der Waals surface area contributed by atoms with E-state index in [9.17, 15) is 0 Å². The standard InChI is InChI=1S/C15H19N3O.ClH/c1-11(12-6-3-2-4-7-12)10-13-17-14(18-19-13)15(16)8-5-9-15;/h2-4,6-7,11H,5,8-10,16H2,1H3;1H. The maximum Gasteiger partial charge on any atom is 0.227 e. The molecule has 3 rings (SSSR count). The molecule has 1 fully saturated rings. The van der Waals surface area contributed by atoms with E-state index in [1.165, 1.54) is 5.56 Å². The van der Waals surface area contributed by atoms with E-state index in [1.807, 2.05) is 18.2 Å². The Bertz CT molecular complexity index is 551. The zero-order valence-electron chi connectivity index (χ0n) is 11.6. The molecule has 20 heavy (non-hydrogen) atoms. The molecule has 2 aromatic rings. The van der Waals surface area contributed by atoms with Crippen molar-refractivity contribution in [2.45, 2.75) is 44.1 Å². The van der Waals surface area contributed by atoms with E-state index in [4.69, 9.17) is 10.3 Å². The lowest BCUT2D eigenvalue weighted by Crippen LogP contribution is -2.44. The van der Waals surface area contributed by atoms with Gasteiger partial charge >= 0.3 is 0 Å². The molecule has 1 heterocycles. The van der Waals surface area contributed by atoms with Gasteiger partial charge in [-0.2, -0.15) is 4.98 Å². The molecule has 0 aliphatic heterocycles. The Kier molecular flexibility index (Phi) is 4.45. The number of halogens is 1. The van der Waals surface area contributed by atoms with Crippen molar-refractivity contribution in [2.24, 2.45) is 5.73 Å². The van der Waals surface area contributed by atoms with Gasteiger partial charge < -0.3 is 10.3 Å². The van der Waals surface area contributed by atoms with Crippen LogP contribution in [0.1, 0.15) is 49.4 Å². The van der Waals surface area contributed by atoms with Crippen LogP contribution >= 0.6 is 12.4 Å². The average molecular weight is 294 g/mol. The van der Waals surface area contributed by atoms with Crippen molar-refractivity contribution in [3.05, 3.63) is 47.6 Å². The van der Waals surface area contributed by atoms with Crippen molar-refractivity contribution in [1.29, 1.82) is 0 Å². The van der Waals surface area contributed by atoms with Gasteiger partial charge in [0.1, 0.15) is 0 Å². The minimum Gasteiger partial charge on any atom is -0.339 e. The summed E-state index contributed by atoms with van der Waals surface area (Å²) in [6.07, 6.45) is 3.83. The summed E-state index contributed by atoms with van der Waals surface area (Å²) in [7, 11) is 0. The van der Waals surface area contributed by atoms with Crippen LogP contribution in [0.4, 0.5) is 0 Å². The fraction of sp³-hybridized carbons (Fsp3) is 0.467. The largest absolute Gasteiger partial charge is 0.339 e. The quantitative estimate of drug-likeness (QED) is 0.940. The van der Waals surface area contributed by atoms with Crippen molar-refractivity contribution in [3.63, 3.8) is 0 Å². The predicted molar refractivity (Wildman–Crippen MR) is 79.8 cm³/mol. The normalized spacial score (nSPS) is 17.9. The summed E-state index contributed by atoms with van der Waals surface area (Å²) in [4.78, 5) is 4.47. The van der Waals surface area contributed by atoms with Gasteiger partial charge in [0, 0.05) is 6.42 Å². The fourth-order valence-electron chi connectivity index (χ4n) is 2.48. The molecule has 1 aliphatic rings. The molecule has 0 saturated heterocycles. The molecule has 1 aromatic heterocycles. The van der Waals surface area contributed by atoms with Crippen molar-refractivity contribution in [3.8, 4) is 0 Å². The molecule has 4 nitrogen and oxygen atoms in total. The molecular formula is C15H20ClN3O. The molecular weight excluding hydrogens is 274 g/mol. The first-order valence-corrected chi connectivity index (χ1v) is 6.84. The summed E-state index contributed by atoms with van der Waals surface area (Å²) in [6, 6.07) is 10.4. The number of aromatic nitrogens is 2. The average Bonchev–Trinajstić information content (AvgIpc) is 2.86. The molecule has 2 N–H and O–H groups in total. The van der Waals surface area contributed by atoms with Crippen LogP contribution in [-0.2, 0) is 12.0 Å². The monoisotopic (exact) mass is 293 g/mol. The van der Waals surface area contributed by atoms with Gasteiger partial charge in [-0.1, -0.05) is 42.4 Å². The lowest BCUT2D eigenvalue weighted by Gasteiger charge is -2.34. The molecule has 108 valence electrons. The van der Waals surface area contributed by atoms with E-state index in [1.54, 1.807) is 0 Å². The fourth-order valence-corrected chi connectivity index (χ4v) is 2.48. The second-order valence-electron chi connectivity index (χ2n) is 5.54. The first-order valence-electron chi connectivity index (χ1n) is 6.84. The number of nitrogens with zero attached hydrogens (tertiary/aromatic N) is 2. The van der Waals surface area contributed by atoms with E-state index in [0.717, 1.165) is 25.7 Å². The van der Waals surface area contributed by atoms with Crippen LogP contribution in [0.3, 0.4) is 0 Å². The summed E-state index contributed by atoms with van der Waals surface area (Å²) in [5.41, 5.74) is 7.14. The van der Waals surface area contributed by atoms with Crippen LogP contribution in [0.5, 0.6) is 0 Å². The van der Waals surface area contributed by atoms with E-state index < -0.39 is 0 Å². The second-order valence-corrected chi connectivity index (χ2v) is 5.54. The van der Waals surface area contributed by atoms with Crippen molar-refractivity contribution < 1.29 is 4.52 Å². The van der Waals surface area contributed by atoms with Crippen LogP contribution in [0.15, 0.2) is 34.9 Å². The maximum absolute atomic E-state index is 6.19. The van der Waals surface area contributed by atoms with Crippen molar-refractivity contribution in [2.75, 3.05) is 0 Å². The third-order valence-electron chi connectivity index (χ3n) is 4.01. The predicted octanol–water partition coefficient (Wildman–Crippen LogP) is 3.18. The number of hydrogen-bond acceptors (Lipinski definition) is 4. The Morgan fingerprint density at radius 1 is 1.30 bits per heavy atom. The first kappa shape index (κ1) is 15.0. The highest BCUT2D eigenvalue weighted by molar-refractivity contribution is 5.85. The summed E-state index contributed by atoms with van der Waals surface area (Å²) in [5, 5.41) is 4.05. The van der Waals surface area contributed by atoms with Gasteiger partial charge in [-0.25, -0.2) is 0 Å². The number of rotatable bonds is 4. The van der Waals surface area contributed by atoms with Crippen LogP contribution in [0.2, 0.25) is 0 Å². The number of nitrogens with two attached hydrogens (primary N) is 1. The van der Waals surface area contributed by atoms with E-state index >= 15 is 0 Å². The van der Waals surface area contributed by atoms with Gasteiger partial charge in [-0.05, 0) is 30.7 Å². The lowest BCUT2D eigenvalue weighted by molar-refractivity contribution is 0.229. The highest BCUT2D eigenvalue weighted by atomic mass is 35.5. The summed E-state index contributed by atoms with van der Waals surface area (Å²) in [5.74, 6) is 1.72. The van der Waals surface area contributed by atoms with E-state index in [0.29, 0.717) is 17.6 Å². The molecule has 1 atom stereocenters. The molecule has 0 radical (unpaired) electrons. The van der Waals surface area contributed by atoms with Crippen LogP contribution in [-0.4, -0.2) is 10.1 Å². The first-order chi connectivity index (χ1) is 9.17. The highest BCUT2D eigenvalue weighted by Crippen LogP contribution is 2.37. The molecule has 1 aromatic carbocycles. The lowest BCUT2D eigenvalue weighted by atomic mass is 9.77. The van der Waals surface area contributed by atoms with E-state index in [2.05, 4.69) is 29.2 Å². The SMILES string of the molecule is CC(Cc1nc(C2(N)CCC2)no1)c1ccccc1.Cl. The molecule has 1 saturated carbocycles. The second kappa shape index (κ2) is 5.94. The Hall–Kier alpha value is -1.39. The van der Waals surface area contributed by atoms with Gasteiger partial charge in [0.25, 0.3) is 0 Å². The number of hydrogen-bond donors (Lipinski definition) is 1. The van der Waals surface area contributed by atoms with E-state index in [-0.39, 0.29) is 17.9 Å². The Morgan fingerprint density at radius 3 is 2.60 bits per heavy atom. The van der Waals surface area contributed by atoms with Crippen LogP contribution in [0, 0.1) is 0 Å². The smallest absolute Gasteiger partial charge is 0.227 e. The summed E-state index contributed by atoms with van der Waals surface area (Å²) >= 11 is 0. The van der Waals surface area contributed by atoms with Crippen LogP contribution < -0.4 is 5.73 Å². The molecule has 1 unspecified atom stereocenters. The molecule has 0 spiro atoms. The van der Waals surface area contributed by atoms with Gasteiger partial charge in [0.15, 0.2) is 5.82 Å². The third-order valence-corrected chi connectivity index (χ3v) is 4.01. The third kappa shape index (κ3) is 2.86. The zero-order valence-corrected chi connectivity index (χ0v) is 12.4. The van der Waals surface area contributed by atoms with Gasteiger partial charge in [-0.15, -0.1) is 12.4 Å². The molecule has 0 bridgehead atoms. The Morgan fingerprint density at radius 2 is 2.00 bits per heavy atom. The Balaban J connectivity index is 0.00000147. The minimum atomic E-state index is -0.336. The van der Waals surface area contributed by atoms with Gasteiger partial charge in [-0.3, -0.25) is 0 Å². The maximum atomic E-state index is 6.19. The zero-order chi connectivity index (χ0) is 13.3. The number of benzene rings is 1. The molecule has 1 aliphatic carbocycles. The molecule has 0 amide bonds. The summed E-state index contributed by atoms with van der Waals surface area (Å²) in [6.45, 7) is 2.17. The van der Waals surface area contributed by atoms with Crippen LogP contribution in [0.25, 0.3) is 0 Å². The molecule has 5 heteroatoms. The van der Waals surface area contributed by atoms with Crippen molar-refractivity contribution >= 4 is 12.4 Å². The van der Waals surface area contributed by atoms with Gasteiger partial charge in [0.2, 0.25) is 5.89 Å². The Labute approximate surface area is 125 Å². The summed E-state index contributed by atoms with van der Waals surface area (Å²) < 4.78 is 5.34. The highest BCUT2D eigenvalue weighted by Gasteiger charge is 2.39. The van der Waals surface area contributed by atoms with Crippen molar-refractivity contribution in [1.82, 2.24) is 10.1 Å².